The molecule has 164 valence electrons. The number of halogens is 2. The normalized spacial score (nSPS) is 14.6. The highest BCUT2D eigenvalue weighted by atomic mass is 35.5. The smallest absolute Gasteiger partial charge is 0.318 e. The third kappa shape index (κ3) is 4.68. The number of hydrogen-bond acceptors (Lipinski definition) is 8. The number of aromatic nitrogens is 6. The van der Waals surface area contributed by atoms with Crippen LogP contribution in [0.5, 0.6) is 0 Å². The molecule has 0 unspecified atom stereocenters. The second kappa shape index (κ2) is 9.13. The number of pyridine rings is 1. The van der Waals surface area contributed by atoms with Crippen molar-refractivity contribution in [2.24, 2.45) is 0 Å². The minimum absolute atomic E-state index is 0.402. The molecule has 1 fully saturated rings. The first-order valence-corrected chi connectivity index (χ1v) is 11.0. The molecule has 1 saturated heterocycles. The molecule has 11 heteroatoms. The zero-order valence-electron chi connectivity index (χ0n) is 17.0. The lowest BCUT2D eigenvalue weighted by Crippen LogP contribution is -2.33. The second-order valence-electron chi connectivity index (χ2n) is 7.61. The van der Waals surface area contributed by atoms with Gasteiger partial charge in [-0.15, -0.1) is 5.10 Å². The van der Waals surface area contributed by atoms with Crippen molar-refractivity contribution in [3.05, 3.63) is 64.0 Å². The first kappa shape index (κ1) is 20.7. The van der Waals surface area contributed by atoms with Crippen molar-refractivity contribution in [1.82, 2.24) is 30.6 Å². The zero-order valence-corrected chi connectivity index (χ0v) is 18.5. The predicted molar refractivity (Wildman–Crippen MR) is 122 cm³/mol. The van der Waals surface area contributed by atoms with Gasteiger partial charge in [0.05, 0.1) is 17.5 Å². The minimum Gasteiger partial charge on any atom is -0.403 e. The van der Waals surface area contributed by atoms with Crippen LogP contribution in [0.3, 0.4) is 0 Å². The summed E-state index contributed by atoms with van der Waals surface area (Å²) < 4.78 is 5.91. The van der Waals surface area contributed by atoms with E-state index in [0.717, 1.165) is 48.6 Å². The Morgan fingerprint density at radius 3 is 2.56 bits per heavy atom. The average Bonchev–Trinajstić information content (AvgIpc) is 3.50. The fourth-order valence-electron chi connectivity index (χ4n) is 3.76. The quantitative estimate of drug-likeness (QED) is 0.422. The number of hydrogen-bond donors (Lipinski definition) is 2. The lowest BCUT2D eigenvalue weighted by Gasteiger charge is -2.29. The van der Waals surface area contributed by atoms with Crippen LogP contribution in [-0.2, 0) is 6.54 Å². The molecule has 4 aromatic rings. The van der Waals surface area contributed by atoms with Crippen LogP contribution in [0, 0.1) is 0 Å². The number of benzene rings is 1. The molecule has 1 aliphatic heterocycles. The first-order chi connectivity index (χ1) is 15.6. The maximum absolute atomic E-state index is 6.05. The number of nitrogens with one attached hydrogen (secondary N) is 2. The van der Waals surface area contributed by atoms with E-state index in [1.54, 1.807) is 18.5 Å². The fourth-order valence-corrected chi connectivity index (χ4v) is 4.34. The molecule has 5 rings (SSSR count). The summed E-state index contributed by atoms with van der Waals surface area (Å²) in [5, 5.41) is 23.7. The van der Waals surface area contributed by atoms with Crippen LogP contribution in [0.1, 0.15) is 30.0 Å². The zero-order chi connectivity index (χ0) is 21.9. The van der Waals surface area contributed by atoms with Crippen molar-refractivity contribution in [3.8, 4) is 11.5 Å². The van der Waals surface area contributed by atoms with Crippen molar-refractivity contribution in [1.29, 1.82) is 0 Å². The number of piperidine rings is 1. The Labute approximate surface area is 194 Å². The van der Waals surface area contributed by atoms with E-state index >= 15 is 0 Å². The summed E-state index contributed by atoms with van der Waals surface area (Å²) in [6, 6.07) is 9.73. The summed E-state index contributed by atoms with van der Waals surface area (Å²) in [6.07, 6.45) is 5.43. The van der Waals surface area contributed by atoms with Crippen LogP contribution in [-0.4, -0.2) is 43.7 Å². The van der Waals surface area contributed by atoms with Crippen molar-refractivity contribution in [2.75, 3.05) is 23.3 Å². The number of aromatic amines is 1. The molecular weight excluding hydrogens is 451 g/mol. The van der Waals surface area contributed by atoms with Crippen LogP contribution in [0.4, 0.5) is 11.8 Å². The van der Waals surface area contributed by atoms with E-state index < -0.39 is 0 Å². The van der Waals surface area contributed by atoms with Crippen LogP contribution < -0.4 is 10.2 Å². The Balaban J connectivity index is 1.19. The number of rotatable bonds is 6. The van der Waals surface area contributed by atoms with E-state index in [2.05, 4.69) is 40.8 Å². The van der Waals surface area contributed by atoms with Gasteiger partial charge in [0.15, 0.2) is 0 Å². The Kier molecular flexibility index (Phi) is 5.91. The summed E-state index contributed by atoms with van der Waals surface area (Å²) in [5.41, 5.74) is 2.74. The van der Waals surface area contributed by atoms with Crippen LogP contribution in [0.25, 0.3) is 11.5 Å². The fraction of sp³-hybridized carbons (Fsp3) is 0.286. The molecular formula is C21H20Cl2N8O. The summed E-state index contributed by atoms with van der Waals surface area (Å²) >= 11 is 12.1. The predicted octanol–water partition coefficient (Wildman–Crippen LogP) is 4.55. The lowest BCUT2D eigenvalue weighted by molar-refractivity contribution is 0.456. The van der Waals surface area contributed by atoms with Crippen molar-refractivity contribution in [3.63, 3.8) is 0 Å². The highest BCUT2D eigenvalue weighted by Crippen LogP contribution is 2.30. The topological polar surface area (TPSA) is 109 Å². The van der Waals surface area contributed by atoms with E-state index in [4.69, 9.17) is 27.6 Å². The van der Waals surface area contributed by atoms with Gasteiger partial charge in [0.25, 0.3) is 5.89 Å². The molecule has 0 spiro atoms. The molecule has 4 heterocycles. The number of nitrogens with zero attached hydrogens (tertiary/aromatic N) is 6. The Bertz CT molecular complexity index is 1150. The van der Waals surface area contributed by atoms with E-state index in [1.807, 2.05) is 24.3 Å². The summed E-state index contributed by atoms with van der Waals surface area (Å²) in [4.78, 5) is 6.54. The second-order valence-corrected chi connectivity index (χ2v) is 8.48. The molecule has 32 heavy (non-hydrogen) atoms. The minimum atomic E-state index is 0.402. The largest absolute Gasteiger partial charge is 0.403 e. The highest BCUT2D eigenvalue weighted by molar-refractivity contribution is 6.34. The maximum atomic E-state index is 6.05. The number of anilines is 2. The van der Waals surface area contributed by atoms with Gasteiger partial charge in [-0.3, -0.25) is 0 Å². The van der Waals surface area contributed by atoms with Crippen LogP contribution in [0.2, 0.25) is 10.0 Å². The molecule has 9 nitrogen and oxygen atoms in total. The van der Waals surface area contributed by atoms with Gasteiger partial charge in [0.1, 0.15) is 5.82 Å². The van der Waals surface area contributed by atoms with E-state index in [0.29, 0.717) is 34.4 Å². The molecule has 2 N–H and O–H groups in total. The Morgan fingerprint density at radius 1 is 1.06 bits per heavy atom. The maximum Gasteiger partial charge on any atom is 0.318 e. The van der Waals surface area contributed by atoms with Gasteiger partial charge in [0, 0.05) is 41.8 Å². The molecule has 0 amide bonds. The van der Waals surface area contributed by atoms with Gasteiger partial charge in [0.2, 0.25) is 0 Å². The molecule has 0 radical (unpaired) electrons. The van der Waals surface area contributed by atoms with Crippen molar-refractivity contribution in [2.45, 2.75) is 25.3 Å². The van der Waals surface area contributed by atoms with Crippen LogP contribution in [0.15, 0.2) is 47.1 Å². The van der Waals surface area contributed by atoms with Gasteiger partial charge in [-0.1, -0.05) is 28.3 Å². The van der Waals surface area contributed by atoms with Gasteiger partial charge in [-0.2, -0.15) is 15.4 Å². The standard InChI is InChI=1S/C21H20Cl2N8O/c22-16-7-13(8-17(23)9-16)10-24-19-2-1-15(11-25-19)20-28-29-21(32-20)31-5-3-14(4-6-31)18-12-26-30-27-18/h1-2,7-9,11-12,14H,3-6,10H2,(H,24,25)(H,26,27,30). The molecule has 0 bridgehead atoms. The summed E-state index contributed by atoms with van der Waals surface area (Å²) in [6.45, 7) is 2.21. The highest BCUT2D eigenvalue weighted by Gasteiger charge is 2.25. The monoisotopic (exact) mass is 470 g/mol. The summed E-state index contributed by atoms with van der Waals surface area (Å²) in [5.74, 6) is 1.57. The third-order valence-corrected chi connectivity index (χ3v) is 5.87. The molecule has 0 saturated carbocycles. The molecule has 1 aliphatic rings. The molecule has 3 aromatic heterocycles. The van der Waals surface area contributed by atoms with E-state index in [9.17, 15) is 0 Å². The van der Waals surface area contributed by atoms with Crippen molar-refractivity contribution >= 4 is 35.0 Å². The molecule has 0 atom stereocenters. The summed E-state index contributed by atoms with van der Waals surface area (Å²) in [7, 11) is 0. The Morgan fingerprint density at radius 2 is 1.88 bits per heavy atom. The van der Waals surface area contributed by atoms with Gasteiger partial charge >= 0.3 is 6.01 Å². The first-order valence-electron chi connectivity index (χ1n) is 10.2. The SMILES string of the molecule is Clc1cc(Cl)cc(CNc2ccc(-c3nnc(N4CCC(c5cn[nH]n5)CC4)o3)cn2)c1. The lowest BCUT2D eigenvalue weighted by atomic mass is 9.94. The van der Waals surface area contributed by atoms with Gasteiger partial charge in [-0.25, -0.2) is 4.98 Å². The van der Waals surface area contributed by atoms with Crippen molar-refractivity contribution < 1.29 is 4.42 Å². The molecule has 1 aromatic carbocycles. The third-order valence-electron chi connectivity index (χ3n) is 5.44. The number of H-pyrrole nitrogens is 1. The van der Waals surface area contributed by atoms with E-state index in [1.165, 1.54) is 0 Å². The van der Waals surface area contributed by atoms with Gasteiger partial charge in [-0.05, 0) is 48.7 Å². The van der Waals surface area contributed by atoms with Crippen LogP contribution >= 0.6 is 23.2 Å². The average molecular weight is 471 g/mol. The van der Waals surface area contributed by atoms with Gasteiger partial charge < -0.3 is 14.6 Å². The van der Waals surface area contributed by atoms with E-state index in [-0.39, 0.29) is 0 Å². The Hall–Kier alpha value is -3.17. The molecule has 0 aliphatic carbocycles.